The van der Waals surface area contributed by atoms with Crippen molar-refractivity contribution in [1.29, 1.82) is 0 Å². The predicted molar refractivity (Wildman–Crippen MR) is 80.0 cm³/mol. The standard InChI is InChI=1S/C17H14O5/c1-11(2)16(19)22-13-8-9-15(18)14(10-13)17(20)21-12-6-4-3-5-7-12/h3-10,18H,1H2,2H3. The van der Waals surface area contributed by atoms with E-state index >= 15 is 0 Å². The summed E-state index contributed by atoms with van der Waals surface area (Å²) in [5.41, 5.74) is 0.123. The third-order valence-corrected chi connectivity index (χ3v) is 2.70. The molecule has 1 N–H and O–H groups in total. The average molecular weight is 298 g/mol. The second-order valence-electron chi connectivity index (χ2n) is 4.55. The van der Waals surface area contributed by atoms with E-state index in [2.05, 4.69) is 6.58 Å². The van der Waals surface area contributed by atoms with Crippen LogP contribution in [0.1, 0.15) is 17.3 Å². The number of rotatable bonds is 4. The number of phenolic OH excluding ortho intramolecular Hbond substituents is 1. The number of esters is 2. The lowest BCUT2D eigenvalue weighted by Crippen LogP contribution is -2.11. The van der Waals surface area contributed by atoms with Crippen molar-refractivity contribution >= 4 is 11.9 Å². The van der Waals surface area contributed by atoms with Crippen LogP contribution in [-0.4, -0.2) is 17.0 Å². The molecule has 0 atom stereocenters. The Morgan fingerprint density at radius 2 is 1.68 bits per heavy atom. The molecule has 2 aromatic carbocycles. The van der Waals surface area contributed by atoms with Crippen LogP contribution in [0.15, 0.2) is 60.7 Å². The smallest absolute Gasteiger partial charge is 0.347 e. The van der Waals surface area contributed by atoms with Crippen molar-refractivity contribution in [2.75, 3.05) is 0 Å². The van der Waals surface area contributed by atoms with Crippen LogP contribution in [0.2, 0.25) is 0 Å². The van der Waals surface area contributed by atoms with Gasteiger partial charge in [-0.2, -0.15) is 0 Å². The third kappa shape index (κ3) is 3.73. The van der Waals surface area contributed by atoms with Crippen molar-refractivity contribution < 1.29 is 24.2 Å². The molecule has 5 heteroatoms. The minimum Gasteiger partial charge on any atom is -0.507 e. The van der Waals surface area contributed by atoms with E-state index in [0.29, 0.717) is 5.75 Å². The van der Waals surface area contributed by atoms with Crippen molar-refractivity contribution in [3.63, 3.8) is 0 Å². The van der Waals surface area contributed by atoms with Gasteiger partial charge in [0.25, 0.3) is 0 Å². The first-order chi connectivity index (χ1) is 10.5. The van der Waals surface area contributed by atoms with Gasteiger partial charge in [0.1, 0.15) is 22.8 Å². The molecule has 0 saturated carbocycles. The molecular weight excluding hydrogens is 284 g/mol. The number of aromatic hydroxyl groups is 1. The molecule has 0 unspecified atom stereocenters. The molecule has 2 aromatic rings. The fraction of sp³-hybridized carbons (Fsp3) is 0.0588. The predicted octanol–water partition coefficient (Wildman–Crippen LogP) is 3.09. The lowest BCUT2D eigenvalue weighted by atomic mass is 10.2. The lowest BCUT2D eigenvalue weighted by molar-refractivity contribution is -0.130. The van der Waals surface area contributed by atoms with Crippen LogP contribution in [0, 0.1) is 0 Å². The number of benzene rings is 2. The van der Waals surface area contributed by atoms with Crippen molar-refractivity contribution in [3.05, 3.63) is 66.2 Å². The summed E-state index contributed by atoms with van der Waals surface area (Å²) in [5, 5.41) is 9.77. The highest BCUT2D eigenvalue weighted by molar-refractivity contribution is 5.95. The zero-order chi connectivity index (χ0) is 16.1. The summed E-state index contributed by atoms with van der Waals surface area (Å²) in [4.78, 5) is 23.5. The zero-order valence-corrected chi connectivity index (χ0v) is 11.9. The van der Waals surface area contributed by atoms with Crippen LogP contribution in [-0.2, 0) is 4.79 Å². The maximum absolute atomic E-state index is 12.1. The minimum absolute atomic E-state index is 0.101. The van der Waals surface area contributed by atoms with Crippen molar-refractivity contribution in [3.8, 4) is 17.2 Å². The van der Waals surface area contributed by atoms with Gasteiger partial charge in [-0.25, -0.2) is 9.59 Å². The molecule has 0 amide bonds. The van der Waals surface area contributed by atoms with Crippen LogP contribution in [0.5, 0.6) is 17.2 Å². The monoisotopic (exact) mass is 298 g/mol. The van der Waals surface area contributed by atoms with Gasteiger partial charge in [-0.15, -0.1) is 0 Å². The van der Waals surface area contributed by atoms with E-state index < -0.39 is 11.9 Å². The first-order valence-electron chi connectivity index (χ1n) is 6.45. The molecule has 0 heterocycles. The molecule has 5 nitrogen and oxygen atoms in total. The molecule has 0 bridgehead atoms. The summed E-state index contributed by atoms with van der Waals surface area (Å²) >= 11 is 0. The second-order valence-corrected chi connectivity index (χ2v) is 4.55. The lowest BCUT2D eigenvalue weighted by Gasteiger charge is -2.08. The summed E-state index contributed by atoms with van der Waals surface area (Å²) in [6.07, 6.45) is 0. The highest BCUT2D eigenvalue weighted by Crippen LogP contribution is 2.25. The molecule has 22 heavy (non-hydrogen) atoms. The van der Waals surface area contributed by atoms with Crippen LogP contribution in [0.25, 0.3) is 0 Å². The SMILES string of the molecule is C=C(C)C(=O)Oc1ccc(O)c(C(=O)Oc2ccccc2)c1. The Bertz CT molecular complexity index is 719. The fourth-order valence-electron chi connectivity index (χ4n) is 1.59. The van der Waals surface area contributed by atoms with Gasteiger partial charge in [-0.05, 0) is 37.3 Å². The molecule has 0 aromatic heterocycles. The Balaban J connectivity index is 2.21. The molecule has 0 spiro atoms. The van der Waals surface area contributed by atoms with Gasteiger partial charge in [0.2, 0.25) is 0 Å². The normalized spacial score (nSPS) is 9.86. The van der Waals surface area contributed by atoms with E-state index in [4.69, 9.17) is 9.47 Å². The summed E-state index contributed by atoms with van der Waals surface area (Å²) < 4.78 is 10.1. The van der Waals surface area contributed by atoms with Crippen LogP contribution in [0.4, 0.5) is 0 Å². The van der Waals surface area contributed by atoms with Gasteiger partial charge >= 0.3 is 11.9 Å². The van der Waals surface area contributed by atoms with Crippen molar-refractivity contribution in [2.24, 2.45) is 0 Å². The first-order valence-corrected chi connectivity index (χ1v) is 6.45. The number of hydrogen-bond acceptors (Lipinski definition) is 5. The second kappa shape index (κ2) is 6.58. The van der Waals surface area contributed by atoms with Gasteiger partial charge in [-0.1, -0.05) is 24.8 Å². The maximum Gasteiger partial charge on any atom is 0.347 e. The topological polar surface area (TPSA) is 72.8 Å². The quantitative estimate of drug-likeness (QED) is 0.533. The Morgan fingerprint density at radius 1 is 1.00 bits per heavy atom. The average Bonchev–Trinajstić information content (AvgIpc) is 2.50. The summed E-state index contributed by atoms with van der Waals surface area (Å²) in [6, 6.07) is 12.3. The number of hydrogen-bond donors (Lipinski definition) is 1. The molecule has 0 fully saturated rings. The van der Waals surface area contributed by atoms with Crippen LogP contribution >= 0.6 is 0 Å². The van der Waals surface area contributed by atoms with Crippen LogP contribution < -0.4 is 9.47 Å². The Labute approximate surface area is 127 Å². The highest BCUT2D eigenvalue weighted by Gasteiger charge is 2.16. The molecule has 0 radical (unpaired) electrons. The van der Waals surface area contributed by atoms with E-state index in [1.165, 1.54) is 25.1 Å². The van der Waals surface area contributed by atoms with Crippen LogP contribution in [0.3, 0.4) is 0 Å². The van der Waals surface area contributed by atoms with E-state index in [-0.39, 0.29) is 22.6 Å². The van der Waals surface area contributed by atoms with Gasteiger partial charge in [0.15, 0.2) is 0 Å². The molecular formula is C17H14O5. The number of carbonyl (C=O) groups excluding carboxylic acids is 2. The summed E-state index contributed by atoms with van der Waals surface area (Å²) in [6.45, 7) is 4.97. The Morgan fingerprint density at radius 3 is 2.32 bits per heavy atom. The molecule has 0 aliphatic rings. The third-order valence-electron chi connectivity index (χ3n) is 2.70. The van der Waals surface area contributed by atoms with Gasteiger partial charge in [0, 0.05) is 5.57 Å². The molecule has 0 aliphatic carbocycles. The Kier molecular flexibility index (Phi) is 4.58. The highest BCUT2D eigenvalue weighted by atomic mass is 16.5. The van der Waals surface area contributed by atoms with E-state index in [1.807, 2.05) is 0 Å². The molecule has 2 rings (SSSR count). The summed E-state index contributed by atoms with van der Waals surface area (Å²) in [7, 11) is 0. The van der Waals surface area contributed by atoms with Crippen molar-refractivity contribution in [2.45, 2.75) is 6.92 Å². The molecule has 0 aliphatic heterocycles. The van der Waals surface area contributed by atoms with E-state index in [0.717, 1.165) is 0 Å². The number of carbonyl (C=O) groups is 2. The number of ether oxygens (including phenoxy) is 2. The molecule has 0 saturated heterocycles. The number of para-hydroxylation sites is 1. The first kappa shape index (κ1) is 15.3. The minimum atomic E-state index is -0.753. The van der Waals surface area contributed by atoms with Gasteiger partial charge in [-0.3, -0.25) is 0 Å². The van der Waals surface area contributed by atoms with E-state index in [9.17, 15) is 14.7 Å². The zero-order valence-electron chi connectivity index (χ0n) is 11.9. The Hall–Kier alpha value is -3.08. The fourth-order valence-corrected chi connectivity index (χ4v) is 1.59. The van der Waals surface area contributed by atoms with Gasteiger partial charge < -0.3 is 14.6 Å². The largest absolute Gasteiger partial charge is 0.507 e. The summed E-state index contributed by atoms with van der Waals surface area (Å²) in [5.74, 6) is -1.18. The van der Waals surface area contributed by atoms with E-state index in [1.54, 1.807) is 30.3 Å². The van der Waals surface area contributed by atoms with Crippen molar-refractivity contribution in [1.82, 2.24) is 0 Å². The number of phenols is 1. The maximum atomic E-state index is 12.1. The van der Waals surface area contributed by atoms with Gasteiger partial charge in [0.05, 0.1) is 0 Å². The molecule has 112 valence electrons.